The van der Waals surface area contributed by atoms with E-state index in [1.54, 1.807) is 23.7 Å². The van der Waals surface area contributed by atoms with Gasteiger partial charge in [-0.05, 0) is 18.6 Å². The normalized spacial score (nSPS) is 22.6. The van der Waals surface area contributed by atoms with Crippen LogP contribution in [0, 0.1) is 5.92 Å². The molecule has 0 aliphatic heterocycles. The van der Waals surface area contributed by atoms with Crippen molar-refractivity contribution >= 4 is 22.6 Å². The van der Waals surface area contributed by atoms with Crippen LogP contribution >= 0.6 is 0 Å². The Morgan fingerprint density at radius 1 is 1.30 bits per heavy atom. The molecule has 3 aromatic rings. The molecule has 3 heterocycles. The van der Waals surface area contributed by atoms with E-state index in [4.69, 9.17) is 17.7 Å². The molecule has 140 valence electrons. The third-order valence-electron chi connectivity index (χ3n) is 4.46. The molecular formula is C18H18FN5O3. The highest BCUT2D eigenvalue weighted by Crippen LogP contribution is 2.38. The fourth-order valence-electron chi connectivity index (χ4n) is 2.92. The summed E-state index contributed by atoms with van der Waals surface area (Å²) >= 11 is 0. The molecule has 1 fully saturated rings. The van der Waals surface area contributed by atoms with Crippen LogP contribution in [0.4, 0.5) is 10.2 Å². The van der Waals surface area contributed by atoms with Gasteiger partial charge in [0.05, 0.1) is 45.6 Å². The Labute approximate surface area is 162 Å². The van der Waals surface area contributed by atoms with Gasteiger partial charge in [-0.15, -0.1) is 0 Å². The van der Waals surface area contributed by atoms with E-state index < -0.39 is 43.8 Å². The minimum absolute atomic E-state index is 0.0905. The maximum absolute atomic E-state index is 13.1. The molecule has 0 radical (unpaired) electrons. The molecule has 9 heteroatoms. The lowest BCUT2D eigenvalue weighted by Gasteiger charge is -2.11. The van der Waals surface area contributed by atoms with E-state index in [-0.39, 0.29) is 23.5 Å². The molecule has 1 saturated carbocycles. The van der Waals surface area contributed by atoms with Gasteiger partial charge in [0.1, 0.15) is 23.9 Å². The number of carbonyl (C=O) groups is 1. The number of alkyl halides is 1. The van der Waals surface area contributed by atoms with Gasteiger partial charge in [-0.2, -0.15) is 0 Å². The Balaban J connectivity index is 1.79. The number of aryl methyl sites for hydroxylation is 1. The van der Waals surface area contributed by atoms with Gasteiger partial charge in [0.25, 0.3) is 0 Å². The first-order valence-electron chi connectivity index (χ1n) is 11.0. The number of pyridine rings is 1. The third kappa shape index (κ3) is 2.94. The first-order chi connectivity index (χ1) is 15.3. The lowest BCUT2D eigenvalue weighted by atomic mass is 10.2. The fourth-order valence-corrected chi connectivity index (χ4v) is 2.92. The van der Waals surface area contributed by atoms with E-state index in [1.807, 2.05) is 0 Å². The van der Waals surface area contributed by atoms with Crippen LogP contribution in [0.3, 0.4) is 0 Å². The summed E-state index contributed by atoms with van der Waals surface area (Å²) in [7, 11) is -4.12. The lowest BCUT2D eigenvalue weighted by Crippen LogP contribution is -2.15. The van der Waals surface area contributed by atoms with E-state index >= 15 is 0 Å². The number of amides is 1. The first kappa shape index (κ1) is 11.5. The second-order valence-electron chi connectivity index (χ2n) is 6.13. The highest BCUT2D eigenvalue weighted by atomic mass is 19.1. The summed E-state index contributed by atoms with van der Waals surface area (Å²) in [6, 6.07) is 3.13. The van der Waals surface area contributed by atoms with Crippen molar-refractivity contribution in [3.05, 3.63) is 24.7 Å². The fraction of sp³-hybridized carbons (Fsp3) is 0.333. The third-order valence-corrected chi connectivity index (χ3v) is 4.46. The lowest BCUT2D eigenvalue weighted by molar-refractivity contribution is -0.117. The summed E-state index contributed by atoms with van der Waals surface area (Å²) in [5.74, 6) is -1.76. The Morgan fingerprint density at radius 2 is 2.00 bits per heavy atom. The van der Waals surface area contributed by atoms with Crippen LogP contribution in [0.15, 0.2) is 24.7 Å². The first-order valence-corrected chi connectivity index (χ1v) is 7.96. The summed E-state index contributed by atoms with van der Waals surface area (Å²) in [4.78, 5) is 23.9. The van der Waals surface area contributed by atoms with Gasteiger partial charge in [0, 0.05) is 12.4 Å². The van der Waals surface area contributed by atoms with Crippen molar-refractivity contribution in [2.24, 2.45) is 13.0 Å². The van der Waals surface area contributed by atoms with Gasteiger partial charge < -0.3 is 19.4 Å². The molecule has 8 nitrogen and oxygen atoms in total. The molecule has 3 aromatic heterocycles. The quantitative estimate of drug-likeness (QED) is 0.734. The number of methoxy groups -OCH3 is 2. The number of hydrogen-bond donors (Lipinski definition) is 1. The van der Waals surface area contributed by atoms with E-state index in [0.29, 0.717) is 10.9 Å². The highest BCUT2D eigenvalue weighted by molar-refractivity contribution is 5.96. The molecule has 27 heavy (non-hydrogen) atoms. The minimum atomic E-state index is -2.87. The molecule has 0 spiro atoms. The standard InChI is InChI=1S/C18H18FN5O3/c1-24-12(15-17(26-2)21-8-22-18(15)27-3)4-9-5-14(20-7-13(9)24)23-16(25)10-6-11(10)19/h4-5,7-8,10-11H,6H2,1-3H3,(H,20,23,25)/t10-,11+/m1/s1/i2D3,3D3. The van der Waals surface area contributed by atoms with Crippen LogP contribution in [0.2, 0.25) is 0 Å². The number of ether oxygens (including phenoxy) is 2. The smallest absolute Gasteiger partial charge is 0.231 e. The zero-order valence-electron chi connectivity index (χ0n) is 20.1. The molecular weight excluding hydrogens is 353 g/mol. The van der Waals surface area contributed by atoms with Gasteiger partial charge in [0.2, 0.25) is 17.7 Å². The number of carbonyl (C=O) groups excluding carboxylic acids is 1. The van der Waals surface area contributed by atoms with Crippen LogP contribution in [0.25, 0.3) is 22.2 Å². The maximum atomic E-state index is 13.1. The number of anilines is 1. The summed E-state index contributed by atoms with van der Waals surface area (Å²) in [6.45, 7) is 0. The average Bonchev–Trinajstić information content (AvgIpc) is 3.32. The molecule has 1 aliphatic carbocycles. The minimum Gasteiger partial charge on any atom is -0.480 e. The number of aromatic nitrogens is 4. The van der Waals surface area contributed by atoms with Gasteiger partial charge in [-0.25, -0.2) is 19.3 Å². The summed E-state index contributed by atoms with van der Waals surface area (Å²) in [6.07, 6.45) is 1.41. The number of halogens is 1. The Hall–Kier alpha value is -3.23. The number of nitrogens with zero attached hydrogens (tertiary/aromatic N) is 4. The summed E-state index contributed by atoms with van der Waals surface area (Å²) in [5, 5.41) is 3.12. The molecule has 0 aromatic carbocycles. The Morgan fingerprint density at radius 3 is 2.63 bits per heavy atom. The van der Waals surface area contributed by atoms with Crippen LogP contribution in [0.5, 0.6) is 11.8 Å². The monoisotopic (exact) mass is 377 g/mol. The maximum Gasteiger partial charge on any atom is 0.231 e. The number of hydrogen-bond acceptors (Lipinski definition) is 6. The van der Waals surface area contributed by atoms with Crippen molar-refractivity contribution < 1.29 is 26.9 Å². The van der Waals surface area contributed by atoms with Crippen LogP contribution < -0.4 is 14.8 Å². The van der Waals surface area contributed by atoms with E-state index in [2.05, 4.69) is 20.3 Å². The second-order valence-corrected chi connectivity index (χ2v) is 6.13. The van der Waals surface area contributed by atoms with E-state index in [9.17, 15) is 9.18 Å². The van der Waals surface area contributed by atoms with Gasteiger partial charge in [-0.3, -0.25) is 4.79 Å². The summed E-state index contributed by atoms with van der Waals surface area (Å²) < 4.78 is 69.1. The molecule has 1 N–H and O–H groups in total. The molecule has 0 saturated heterocycles. The van der Waals surface area contributed by atoms with Gasteiger partial charge in [-0.1, -0.05) is 0 Å². The molecule has 0 bridgehead atoms. The van der Waals surface area contributed by atoms with Gasteiger partial charge in [0.15, 0.2) is 0 Å². The number of fused-ring (bicyclic) bond motifs is 1. The molecule has 1 aliphatic rings. The van der Waals surface area contributed by atoms with Crippen molar-refractivity contribution in [2.45, 2.75) is 12.6 Å². The topological polar surface area (TPSA) is 91.2 Å². The van der Waals surface area contributed by atoms with Crippen molar-refractivity contribution in [2.75, 3.05) is 19.4 Å². The van der Waals surface area contributed by atoms with Crippen molar-refractivity contribution in [3.8, 4) is 23.0 Å². The van der Waals surface area contributed by atoms with Gasteiger partial charge >= 0.3 is 0 Å². The van der Waals surface area contributed by atoms with Crippen LogP contribution in [-0.4, -0.2) is 45.7 Å². The highest BCUT2D eigenvalue weighted by Gasteiger charge is 2.43. The van der Waals surface area contributed by atoms with Crippen LogP contribution in [0.1, 0.15) is 14.6 Å². The largest absolute Gasteiger partial charge is 0.480 e. The average molecular weight is 377 g/mol. The van der Waals surface area contributed by atoms with Crippen molar-refractivity contribution in [3.63, 3.8) is 0 Å². The number of rotatable bonds is 5. The Kier molecular flexibility index (Phi) is 2.76. The molecule has 4 rings (SSSR count). The summed E-state index contributed by atoms with van der Waals surface area (Å²) in [5.41, 5.74) is 0.744. The zero-order valence-corrected chi connectivity index (χ0v) is 14.1. The Bertz CT molecular complexity index is 1190. The van der Waals surface area contributed by atoms with E-state index in [1.165, 1.54) is 6.20 Å². The van der Waals surface area contributed by atoms with E-state index in [0.717, 1.165) is 6.33 Å². The predicted molar refractivity (Wildman–Crippen MR) is 96.5 cm³/mol. The SMILES string of the molecule is [2H]C([2H])([2H])Oc1ncnc(OC([2H])([2H])[2H])c1-c1cc2cc(NC(=O)[C@@H]3C[C@@H]3F)ncc2n1C. The van der Waals surface area contributed by atoms with Crippen molar-refractivity contribution in [1.29, 1.82) is 0 Å². The molecule has 2 atom stereocenters. The number of nitrogens with one attached hydrogen (secondary N) is 1. The van der Waals surface area contributed by atoms with Crippen LogP contribution in [-0.2, 0) is 11.8 Å². The molecule has 1 amide bonds. The zero-order chi connectivity index (χ0) is 24.1. The van der Waals surface area contributed by atoms with Crippen molar-refractivity contribution in [1.82, 2.24) is 19.5 Å². The second kappa shape index (κ2) is 6.49. The molecule has 0 unspecified atom stereocenters. The predicted octanol–water partition coefficient (Wildman–Crippen LogP) is 2.34.